The van der Waals surface area contributed by atoms with Gasteiger partial charge in [-0.05, 0) is 0 Å². The number of alkyl halides is 2. The summed E-state index contributed by atoms with van der Waals surface area (Å²) >= 11 is 0. The van der Waals surface area contributed by atoms with Crippen molar-refractivity contribution in [2.75, 3.05) is 36.5 Å². The van der Waals surface area contributed by atoms with E-state index in [4.69, 9.17) is 9.15 Å². The first-order valence-corrected chi connectivity index (χ1v) is 8.36. The highest BCUT2D eigenvalue weighted by Crippen LogP contribution is 2.42. The molecule has 2 aliphatic heterocycles. The van der Waals surface area contributed by atoms with E-state index >= 15 is 0 Å². The Morgan fingerprint density at radius 1 is 1.18 bits per heavy atom. The van der Waals surface area contributed by atoms with Crippen molar-refractivity contribution in [3.8, 4) is 11.5 Å². The maximum absolute atomic E-state index is 13.1. The van der Waals surface area contributed by atoms with E-state index < -0.39 is 12.2 Å². The topological polar surface area (TPSA) is 115 Å². The van der Waals surface area contributed by atoms with Crippen LogP contribution < -0.4 is 19.7 Å². The van der Waals surface area contributed by atoms with Gasteiger partial charge < -0.3 is 28.5 Å². The lowest BCUT2D eigenvalue weighted by Crippen LogP contribution is -2.36. The molecule has 0 atom stereocenters. The number of aromatic amines is 1. The average molecular weight is 393 g/mol. The number of ether oxygens (including phenoxy) is 3. The molecule has 5 rings (SSSR count). The van der Waals surface area contributed by atoms with Crippen LogP contribution in [0.1, 0.15) is 10.5 Å². The fourth-order valence-corrected chi connectivity index (χ4v) is 2.95. The second-order valence-electron chi connectivity index (χ2n) is 6.14. The van der Waals surface area contributed by atoms with E-state index in [0.29, 0.717) is 43.4 Å². The number of hydrogen-bond donors (Lipinski definition) is 2. The number of morpholine rings is 1. The number of H-pyrrole nitrogens is 1. The fraction of sp³-hybridized carbons (Fsp3) is 0.312. The zero-order valence-corrected chi connectivity index (χ0v) is 14.2. The molecule has 2 aromatic heterocycles. The maximum Gasteiger partial charge on any atom is 0.586 e. The molecule has 1 amide bonds. The lowest BCUT2D eigenvalue weighted by molar-refractivity contribution is -0.286. The SMILES string of the molecule is O=C(Nc1nc2cc3c(cc2[nH]1)OC(F)(F)O3)c1coc(N2CCOCC2)n1. The minimum atomic E-state index is -3.71. The molecule has 1 aromatic carbocycles. The normalized spacial score (nSPS) is 17.9. The Hall–Kier alpha value is -3.41. The average Bonchev–Trinajstić information content (AvgIpc) is 3.35. The Morgan fingerprint density at radius 3 is 2.71 bits per heavy atom. The maximum atomic E-state index is 13.1. The molecule has 3 aromatic rings. The number of oxazole rings is 1. The number of nitrogens with one attached hydrogen (secondary N) is 2. The molecular weight excluding hydrogens is 380 g/mol. The molecular formula is C16H13F2N5O5. The van der Waals surface area contributed by atoms with Gasteiger partial charge in [0.15, 0.2) is 17.2 Å². The molecule has 10 nitrogen and oxygen atoms in total. The van der Waals surface area contributed by atoms with Gasteiger partial charge in [0, 0.05) is 25.2 Å². The molecule has 0 aliphatic carbocycles. The van der Waals surface area contributed by atoms with E-state index in [1.54, 1.807) is 0 Å². The highest BCUT2D eigenvalue weighted by molar-refractivity contribution is 6.02. The first kappa shape index (κ1) is 16.7. The van der Waals surface area contributed by atoms with E-state index in [1.807, 2.05) is 4.90 Å². The number of amides is 1. The summed E-state index contributed by atoms with van der Waals surface area (Å²) < 4.78 is 45.6. The van der Waals surface area contributed by atoms with Crippen LogP contribution >= 0.6 is 0 Å². The standard InChI is InChI=1S/C16H13F2N5O5/c17-16(18)27-11-5-8-9(6-12(11)28-16)20-14(19-8)22-13(24)10-7-26-15(21-10)23-1-3-25-4-2-23/h5-7H,1-4H2,(H2,19,20,22,24). The number of anilines is 2. The molecule has 146 valence electrons. The van der Waals surface area contributed by atoms with Gasteiger partial charge in [-0.3, -0.25) is 10.1 Å². The van der Waals surface area contributed by atoms with Crippen molar-refractivity contribution in [3.05, 3.63) is 24.1 Å². The summed E-state index contributed by atoms with van der Waals surface area (Å²) in [5.74, 6) is -0.667. The van der Waals surface area contributed by atoms with Gasteiger partial charge in [0.2, 0.25) is 5.95 Å². The summed E-state index contributed by atoms with van der Waals surface area (Å²) in [5.41, 5.74) is 0.796. The van der Waals surface area contributed by atoms with Crippen molar-refractivity contribution >= 4 is 28.9 Å². The van der Waals surface area contributed by atoms with Crippen LogP contribution in [0, 0.1) is 0 Å². The molecule has 4 heterocycles. The molecule has 28 heavy (non-hydrogen) atoms. The van der Waals surface area contributed by atoms with E-state index in [1.165, 1.54) is 18.4 Å². The smallest absolute Gasteiger partial charge is 0.431 e. The van der Waals surface area contributed by atoms with Crippen LogP contribution in [0.4, 0.5) is 20.7 Å². The lowest BCUT2D eigenvalue weighted by atomic mass is 10.3. The van der Waals surface area contributed by atoms with Gasteiger partial charge in [0.25, 0.3) is 11.9 Å². The fourth-order valence-electron chi connectivity index (χ4n) is 2.95. The van der Waals surface area contributed by atoms with Crippen molar-refractivity contribution in [2.24, 2.45) is 0 Å². The van der Waals surface area contributed by atoms with Gasteiger partial charge in [-0.25, -0.2) is 4.98 Å². The monoisotopic (exact) mass is 393 g/mol. The largest absolute Gasteiger partial charge is 0.586 e. The number of hydrogen-bond acceptors (Lipinski definition) is 8. The zero-order valence-electron chi connectivity index (χ0n) is 14.2. The van der Waals surface area contributed by atoms with Crippen LogP contribution in [-0.4, -0.2) is 53.5 Å². The number of fused-ring (bicyclic) bond motifs is 2. The molecule has 0 unspecified atom stereocenters. The zero-order chi connectivity index (χ0) is 19.3. The number of halogens is 2. The van der Waals surface area contributed by atoms with Crippen molar-refractivity contribution in [1.82, 2.24) is 15.0 Å². The molecule has 0 radical (unpaired) electrons. The summed E-state index contributed by atoms with van der Waals surface area (Å²) in [4.78, 5) is 25.4. The molecule has 0 bridgehead atoms. The Morgan fingerprint density at radius 2 is 1.93 bits per heavy atom. The van der Waals surface area contributed by atoms with Gasteiger partial charge >= 0.3 is 6.29 Å². The Labute approximate surface area is 155 Å². The van der Waals surface area contributed by atoms with Crippen molar-refractivity contribution in [1.29, 1.82) is 0 Å². The van der Waals surface area contributed by atoms with Crippen LogP contribution in [0.15, 0.2) is 22.8 Å². The molecule has 2 N–H and O–H groups in total. The van der Waals surface area contributed by atoms with E-state index in [9.17, 15) is 13.6 Å². The van der Waals surface area contributed by atoms with Gasteiger partial charge in [-0.1, -0.05) is 0 Å². The summed E-state index contributed by atoms with van der Waals surface area (Å²) in [6.45, 7) is 2.37. The van der Waals surface area contributed by atoms with E-state index in [2.05, 4.69) is 29.7 Å². The molecule has 1 fully saturated rings. The second-order valence-corrected chi connectivity index (χ2v) is 6.14. The van der Waals surface area contributed by atoms with Crippen LogP contribution in [0.5, 0.6) is 11.5 Å². The predicted molar refractivity (Wildman–Crippen MR) is 89.8 cm³/mol. The van der Waals surface area contributed by atoms with Crippen molar-refractivity contribution < 1.29 is 32.2 Å². The number of imidazole rings is 1. The predicted octanol–water partition coefficient (Wildman–Crippen LogP) is 1.96. The molecule has 1 saturated heterocycles. The number of rotatable bonds is 3. The highest BCUT2D eigenvalue weighted by atomic mass is 19.3. The summed E-state index contributed by atoms with van der Waals surface area (Å²) in [6.07, 6.45) is -2.45. The third-order valence-corrected chi connectivity index (χ3v) is 4.24. The number of carbonyl (C=O) groups excluding carboxylic acids is 1. The van der Waals surface area contributed by atoms with Crippen LogP contribution in [-0.2, 0) is 4.74 Å². The van der Waals surface area contributed by atoms with Gasteiger partial charge in [-0.15, -0.1) is 8.78 Å². The van der Waals surface area contributed by atoms with Gasteiger partial charge in [0.1, 0.15) is 6.26 Å². The van der Waals surface area contributed by atoms with Crippen molar-refractivity contribution in [2.45, 2.75) is 6.29 Å². The summed E-state index contributed by atoms with van der Waals surface area (Å²) in [6, 6.07) is 2.95. The van der Waals surface area contributed by atoms with Crippen LogP contribution in [0.25, 0.3) is 11.0 Å². The summed E-state index contributed by atoms with van der Waals surface area (Å²) in [5, 5.41) is 2.55. The third kappa shape index (κ3) is 2.97. The van der Waals surface area contributed by atoms with E-state index in [0.717, 1.165) is 0 Å². The minimum Gasteiger partial charge on any atom is -0.431 e. The number of aromatic nitrogens is 3. The second kappa shape index (κ2) is 6.05. The van der Waals surface area contributed by atoms with Crippen LogP contribution in [0.3, 0.4) is 0 Å². The molecule has 0 saturated carbocycles. The van der Waals surface area contributed by atoms with Gasteiger partial charge in [-0.2, -0.15) is 4.98 Å². The lowest BCUT2D eigenvalue weighted by Gasteiger charge is -2.24. The van der Waals surface area contributed by atoms with Crippen molar-refractivity contribution in [3.63, 3.8) is 0 Å². The Balaban J connectivity index is 1.33. The van der Waals surface area contributed by atoms with E-state index in [-0.39, 0.29) is 23.1 Å². The summed E-state index contributed by atoms with van der Waals surface area (Å²) in [7, 11) is 0. The number of carbonyl (C=O) groups is 1. The number of nitrogens with zero attached hydrogens (tertiary/aromatic N) is 3. The Kier molecular flexibility index (Phi) is 3.62. The quantitative estimate of drug-likeness (QED) is 0.694. The number of benzene rings is 1. The first-order chi connectivity index (χ1) is 13.5. The first-order valence-electron chi connectivity index (χ1n) is 8.36. The minimum absolute atomic E-state index is 0.0794. The third-order valence-electron chi connectivity index (χ3n) is 4.24. The molecule has 2 aliphatic rings. The van der Waals surface area contributed by atoms with Crippen LogP contribution in [0.2, 0.25) is 0 Å². The highest BCUT2D eigenvalue weighted by Gasteiger charge is 2.43. The molecule has 12 heteroatoms. The molecule has 0 spiro atoms. The Bertz CT molecular complexity index is 1010. The van der Waals surface area contributed by atoms with Gasteiger partial charge in [0.05, 0.1) is 24.2 Å².